The van der Waals surface area contributed by atoms with E-state index in [0.29, 0.717) is 0 Å². The monoisotopic (exact) mass is 544 g/mol. The molecule has 3 rings (SSSR count). The molecule has 183 valence electrons. The van der Waals surface area contributed by atoms with Crippen LogP contribution < -0.4 is 0 Å². The Morgan fingerprint density at radius 3 is 0.676 bits per heavy atom. The molecular formula is C27H42CrN3Si3. The van der Waals surface area contributed by atoms with Crippen molar-refractivity contribution >= 4 is 41.8 Å². The second-order valence-corrected chi connectivity index (χ2v) is 24.6. The molecule has 0 bridgehead atoms. The minimum Gasteiger partial charge on any atom is -0.687 e. The number of benzene rings is 3. The van der Waals surface area contributed by atoms with Crippen LogP contribution in [-0.2, 0) is 17.4 Å². The van der Waals surface area contributed by atoms with Gasteiger partial charge in [-0.15, -0.1) is 17.1 Å². The maximum Gasteiger partial charge on any atom is 3.00 e. The first-order valence-corrected chi connectivity index (χ1v) is 21.9. The minimum absolute atomic E-state index is 0. The molecule has 0 saturated carbocycles. The summed E-state index contributed by atoms with van der Waals surface area (Å²) in [6.07, 6.45) is 0. The van der Waals surface area contributed by atoms with E-state index in [9.17, 15) is 0 Å². The summed E-state index contributed by atoms with van der Waals surface area (Å²) >= 11 is 0. The number of hydrogen-bond donors (Lipinski definition) is 0. The molecule has 3 aromatic carbocycles. The van der Waals surface area contributed by atoms with Gasteiger partial charge in [0.15, 0.2) is 0 Å². The molecule has 3 aromatic rings. The van der Waals surface area contributed by atoms with Gasteiger partial charge in [-0.2, -0.15) is 0 Å². The molecule has 0 fully saturated rings. The van der Waals surface area contributed by atoms with Gasteiger partial charge in [0.05, 0.1) is 0 Å². The Kier molecular flexibility index (Phi) is 14.5. The van der Waals surface area contributed by atoms with Crippen LogP contribution in [0.15, 0.2) is 91.0 Å². The third kappa shape index (κ3) is 18.6. The summed E-state index contributed by atoms with van der Waals surface area (Å²) in [6.45, 7) is 20.1. The maximum absolute atomic E-state index is 4.63. The normalized spacial score (nSPS) is 10.9. The van der Waals surface area contributed by atoms with E-state index in [1.54, 1.807) is 0 Å². The zero-order valence-electron chi connectivity index (χ0n) is 22.4. The van der Waals surface area contributed by atoms with Crippen LogP contribution in [0.5, 0.6) is 0 Å². The zero-order valence-corrected chi connectivity index (χ0v) is 26.7. The summed E-state index contributed by atoms with van der Waals surface area (Å²) in [6, 6.07) is 30.5. The Labute approximate surface area is 223 Å². The van der Waals surface area contributed by atoms with Crippen LogP contribution in [0.1, 0.15) is 0 Å². The third-order valence-corrected chi connectivity index (χ3v) is 6.45. The van der Waals surface area contributed by atoms with Crippen LogP contribution in [0.3, 0.4) is 0 Å². The molecule has 7 heteroatoms. The molecule has 0 spiro atoms. The molecule has 0 aliphatic heterocycles. The van der Waals surface area contributed by atoms with E-state index in [2.05, 4.69) is 110 Å². The van der Waals surface area contributed by atoms with Crippen molar-refractivity contribution in [1.29, 1.82) is 0 Å². The first-order chi connectivity index (χ1) is 15.2. The molecule has 0 amide bonds. The molecule has 0 heterocycles. The van der Waals surface area contributed by atoms with E-state index in [0.717, 1.165) is 17.1 Å². The van der Waals surface area contributed by atoms with Gasteiger partial charge >= 0.3 is 17.4 Å². The maximum atomic E-state index is 4.63. The fraction of sp³-hybridized carbons (Fsp3) is 0.333. The predicted molar refractivity (Wildman–Crippen MR) is 158 cm³/mol. The first-order valence-electron chi connectivity index (χ1n) is 11.6. The fourth-order valence-corrected chi connectivity index (χ4v) is 5.44. The van der Waals surface area contributed by atoms with Crippen LogP contribution in [-0.4, -0.2) is 24.7 Å². The molecular weight excluding hydrogens is 503 g/mol. The second-order valence-electron chi connectivity index (χ2n) is 10.9. The van der Waals surface area contributed by atoms with Crippen molar-refractivity contribution in [3.8, 4) is 0 Å². The standard InChI is InChI=1S/3C9H14NSi.Cr/c3*1-11(2,3)10-9-7-5-4-6-8-9;/h3*4-8H,1-3H3;/q3*-1;+3. The van der Waals surface area contributed by atoms with Crippen LogP contribution in [0.2, 0.25) is 58.9 Å². The van der Waals surface area contributed by atoms with Crippen LogP contribution >= 0.6 is 0 Å². The molecule has 0 N–H and O–H groups in total. The average molecular weight is 545 g/mol. The quantitative estimate of drug-likeness (QED) is 0.277. The van der Waals surface area contributed by atoms with E-state index < -0.39 is 24.7 Å². The largest absolute Gasteiger partial charge is 3.00 e. The van der Waals surface area contributed by atoms with Gasteiger partial charge < -0.3 is 14.9 Å². The SMILES string of the molecule is C[Si](C)(C)[N-]c1ccccc1.C[Si](C)(C)[N-]c1ccccc1.C[Si](C)(C)[N-]c1ccccc1.[Cr+3]. The van der Waals surface area contributed by atoms with E-state index in [4.69, 9.17) is 0 Å². The van der Waals surface area contributed by atoms with Gasteiger partial charge in [-0.05, 0) is 24.7 Å². The summed E-state index contributed by atoms with van der Waals surface area (Å²) in [7, 11) is -3.82. The van der Waals surface area contributed by atoms with E-state index in [-0.39, 0.29) is 17.4 Å². The van der Waals surface area contributed by atoms with Gasteiger partial charge in [0.2, 0.25) is 0 Å². The van der Waals surface area contributed by atoms with Gasteiger partial charge in [0, 0.05) is 0 Å². The number of nitrogens with zero attached hydrogens (tertiary/aromatic N) is 3. The van der Waals surface area contributed by atoms with Crippen LogP contribution in [0, 0.1) is 0 Å². The summed E-state index contributed by atoms with van der Waals surface area (Å²) in [5.74, 6) is 0. The second kappa shape index (κ2) is 15.3. The van der Waals surface area contributed by atoms with E-state index in [1.807, 2.05) is 54.6 Å². The average Bonchev–Trinajstić information content (AvgIpc) is 2.67. The van der Waals surface area contributed by atoms with Gasteiger partial charge in [0.1, 0.15) is 0 Å². The Bertz CT molecular complexity index is 767. The molecule has 0 aliphatic carbocycles. The third-order valence-electron chi connectivity index (χ3n) is 3.66. The van der Waals surface area contributed by atoms with Crippen molar-refractivity contribution in [2.24, 2.45) is 0 Å². The van der Waals surface area contributed by atoms with Gasteiger partial charge in [-0.3, -0.25) is 0 Å². The van der Waals surface area contributed by atoms with Crippen molar-refractivity contribution in [1.82, 2.24) is 0 Å². The molecule has 0 aromatic heterocycles. The molecule has 0 aliphatic rings. The first kappa shape index (κ1) is 32.2. The minimum atomic E-state index is -1.27. The van der Waals surface area contributed by atoms with Gasteiger partial charge in [-0.1, -0.05) is 150 Å². The fourth-order valence-electron chi connectivity index (χ4n) is 2.67. The molecule has 34 heavy (non-hydrogen) atoms. The predicted octanol–water partition coefficient (Wildman–Crippen LogP) is 10.6. The smallest absolute Gasteiger partial charge is 0.687 e. The molecule has 3 nitrogen and oxygen atoms in total. The molecule has 1 radical (unpaired) electrons. The zero-order chi connectivity index (χ0) is 25.0. The van der Waals surface area contributed by atoms with Crippen molar-refractivity contribution in [2.45, 2.75) is 58.9 Å². The summed E-state index contributed by atoms with van der Waals surface area (Å²) < 4.78 is 0. The van der Waals surface area contributed by atoms with Crippen LogP contribution in [0.25, 0.3) is 14.9 Å². The Hall–Kier alpha value is -1.76. The van der Waals surface area contributed by atoms with Gasteiger partial charge in [0.25, 0.3) is 0 Å². The van der Waals surface area contributed by atoms with E-state index in [1.165, 1.54) is 0 Å². The molecule has 0 saturated heterocycles. The van der Waals surface area contributed by atoms with Crippen molar-refractivity contribution in [2.75, 3.05) is 0 Å². The Morgan fingerprint density at radius 1 is 0.353 bits per heavy atom. The Balaban J connectivity index is 0.000000473. The van der Waals surface area contributed by atoms with Crippen LogP contribution in [0.4, 0.5) is 17.1 Å². The summed E-state index contributed by atoms with van der Waals surface area (Å²) in [5.41, 5.74) is 3.35. The summed E-state index contributed by atoms with van der Waals surface area (Å²) in [4.78, 5) is 13.9. The summed E-state index contributed by atoms with van der Waals surface area (Å²) in [5, 5.41) is 0. The molecule has 0 atom stereocenters. The van der Waals surface area contributed by atoms with Crippen molar-refractivity contribution in [3.63, 3.8) is 0 Å². The van der Waals surface area contributed by atoms with E-state index >= 15 is 0 Å². The molecule has 0 unspecified atom stereocenters. The van der Waals surface area contributed by atoms with Gasteiger partial charge in [-0.25, -0.2) is 0 Å². The topological polar surface area (TPSA) is 42.3 Å². The Morgan fingerprint density at radius 2 is 0.529 bits per heavy atom. The van der Waals surface area contributed by atoms with Crippen molar-refractivity contribution in [3.05, 3.63) is 106 Å². The number of rotatable bonds is 6. The van der Waals surface area contributed by atoms with Crippen molar-refractivity contribution < 1.29 is 17.4 Å². The number of hydrogen-bond acceptors (Lipinski definition) is 0.